The van der Waals surface area contributed by atoms with Crippen molar-refractivity contribution < 1.29 is 13.9 Å². The molecule has 1 unspecified atom stereocenters. The molecule has 0 radical (unpaired) electrons. The topological polar surface area (TPSA) is 26.3 Å². The number of ether oxygens (including phenoxy) is 1. The molecular formula is C18H17FO2. The lowest BCUT2D eigenvalue weighted by Gasteiger charge is -2.25. The molecule has 0 amide bonds. The van der Waals surface area contributed by atoms with Gasteiger partial charge in [0.15, 0.2) is 0 Å². The maximum atomic E-state index is 13.9. The Bertz CT molecular complexity index is 679. The molecule has 1 aliphatic rings. The average Bonchev–Trinajstić information content (AvgIpc) is 2.47. The standard InChI is InChI=1S/C18H17FO2/c1-12-9-10-15(16(19)11-12)18(20)21-17-8-4-6-13-5-2-3-7-14(13)17/h2-3,5,7,9-11,17H,4,6,8H2,1H3. The van der Waals surface area contributed by atoms with Crippen molar-refractivity contribution >= 4 is 5.97 Å². The van der Waals surface area contributed by atoms with Crippen LogP contribution in [0.4, 0.5) is 4.39 Å². The van der Waals surface area contributed by atoms with Gasteiger partial charge in [-0.15, -0.1) is 0 Å². The van der Waals surface area contributed by atoms with E-state index in [1.54, 1.807) is 13.0 Å². The Hall–Kier alpha value is -2.16. The number of esters is 1. The van der Waals surface area contributed by atoms with Crippen molar-refractivity contribution in [2.75, 3.05) is 0 Å². The van der Waals surface area contributed by atoms with Crippen molar-refractivity contribution in [2.24, 2.45) is 0 Å². The lowest BCUT2D eigenvalue weighted by Crippen LogP contribution is -2.17. The fraction of sp³-hybridized carbons (Fsp3) is 0.278. The summed E-state index contributed by atoms with van der Waals surface area (Å²) >= 11 is 0. The highest BCUT2D eigenvalue weighted by molar-refractivity contribution is 5.90. The zero-order valence-electron chi connectivity index (χ0n) is 11.9. The summed E-state index contributed by atoms with van der Waals surface area (Å²) in [6, 6.07) is 12.5. The highest BCUT2D eigenvalue weighted by atomic mass is 19.1. The quantitative estimate of drug-likeness (QED) is 0.765. The molecule has 1 aliphatic carbocycles. The van der Waals surface area contributed by atoms with Crippen LogP contribution in [-0.4, -0.2) is 5.97 Å². The minimum Gasteiger partial charge on any atom is -0.454 e. The molecule has 0 aromatic heterocycles. The third kappa shape index (κ3) is 2.82. The fourth-order valence-electron chi connectivity index (χ4n) is 2.81. The van der Waals surface area contributed by atoms with Crippen molar-refractivity contribution in [3.63, 3.8) is 0 Å². The Morgan fingerprint density at radius 3 is 2.86 bits per heavy atom. The Morgan fingerprint density at radius 1 is 1.24 bits per heavy atom. The molecule has 0 saturated carbocycles. The van der Waals surface area contributed by atoms with E-state index in [0.29, 0.717) is 0 Å². The summed E-state index contributed by atoms with van der Waals surface area (Å²) in [5.74, 6) is -1.11. The van der Waals surface area contributed by atoms with Gasteiger partial charge in [-0.2, -0.15) is 0 Å². The maximum absolute atomic E-state index is 13.9. The van der Waals surface area contributed by atoms with Gasteiger partial charge in [0, 0.05) is 0 Å². The van der Waals surface area contributed by atoms with E-state index in [2.05, 4.69) is 6.07 Å². The van der Waals surface area contributed by atoms with Crippen LogP contribution in [0.3, 0.4) is 0 Å². The van der Waals surface area contributed by atoms with Gasteiger partial charge in [-0.05, 0) is 55.0 Å². The predicted octanol–water partition coefficient (Wildman–Crippen LogP) is 4.37. The number of fused-ring (bicyclic) bond motifs is 1. The van der Waals surface area contributed by atoms with Crippen molar-refractivity contribution in [1.82, 2.24) is 0 Å². The summed E-state index contributed by atoms with van der Waals surface area (Å²) in [4.78, 5) is 12.2. The molecule has 2 aromatic rings. The zero-order valence-corrected chi connectivity index (χ0v) is 11.9. The molecule has 2 aromatic carbocycles. The molecule has 21 heavy (non-hydrogen) atoms. The Morgan fingerprint density at radius 2 is 2.05 bits per heavy atom. The van der Waals surface area contributed by atoms with E-state index in [4.69, 9.17) is 4.74 Å². The third-order valence-electron chi connectivity index (χ3n) is 3.91. The van der Waals surface area contributed by atoms with E-state index in [0.717, 1.165) is 30.4 Å². The molecule has 0 aliphatic heterocycles. The zero-order chi connectivity index (χ0) is 14.8. The van der Waals surface area contributed by atoms with Gasteiger partial charge in [0.1, 0.15) is 11.9 Å². The normalized spacial score (nSPS) is 17.1. The van der Waals surface area contributed by atoms with Crippen molar-refractivity contribution in [3.05, 3.63) is 70.5 Å². The van der Waals surface area contributed by atoms with Crippen LogP contribution in [0.5, 0.6) is 0 Å². The number of aryl methyl sites for hydroxylation is 2. The first-order valence-corrected chi connectivity index (χ1v) is 7.20. The van der Waals surface area contributed by atoms with Gasteiger partial charge in [0.2, 0.25) is 0 Å². The van der Waals surface area contributed by atoms with Crippen LogP contribution < -0.4 is 0 Å². The molecule has 3 rings (SSSR count). The first-order chi connectivity index (χ1) is 10.1. The Kier molecular flexibility index (Phi) is 3.74. The number of benzene rings is 2. The van der Waals surface area contributed by atoms with Crippen LogP contribution in [0.2, 0.25) is 0 Å². The van der Waals surface area contributed by atoms with Gasteiger partial charge in [0.25, 0.3) is 0 Å². The van der Waals surface area contributed by atoms with Crippen LogP contribution in [0.15, 0.2) is 42.5 Å². The Labute approximate surface area is 123 Å². The lowest BCUT2D eigenvalue weighted by molar-refractivity contribution is 0.0251. The number of carbonyl (C=O) groups is 1. The summed E-state index contributed by atoms with van der Waals surface area (Å²) in [7, 11) is 0. The molecule has 0 spiro atoms. The molecule has 0 fully saturated rings. The second kappa shape index (κ2) is 5.68. The van der Waals surface area contributed by atoms with Gasteiger partial charge in [0.05, 0.1) is 5.56 Å². The van der Waals surface area contributed by atoms with Gasteiger partial charge in [-0.1, -0.05) is 30.3 Å². The minimum absolute atomic E-state index is 0.00338. The van der Waals surface area contributed by atoms with Crippen molar-refractivity contribution in [1.29, 1.82) is 0 Å². The average molecular weight is 284 g/mol. The smallest absolute Gasteiger partial charge is 0.341 e. The molecule has 3 heteroatoms. The van der Waals surface area contributed by atoms with Crippen LogP contribution in [0, 0.1) is 12.7 Å². The van der Waals surface area contributed by atoms with E-state index in [1.807, 2.05) is 18.2 Å². The predicted molar refractivity (Wildman–Crippen MR) is 78.7 cm³/mol. The second-order valence-electron chi connectivity index (χ2n) is 5.47. The SMILES string of the molecule is Cc1ccc(C(=O)OC2CCCc3ccccc32)c(F)c1. The number of carbonyl (C=O) groups excluding carboxylic acids is 1. The number of rotatable bonds is 2. The van der Waals surface area contributed by atoms with Gasteiger partial charge >= 0.3 is 5.97 Å². The van der Waals surface area contributed by atoms with E-state index >= 15 is 0 Å². The maximum Gasteiger partial charge on any atom is 0.341 e. The van der Waals surface area contributed by atoms with Crippen LogP contribution in [0.25, 0.3) is 0 Å². The van der Waals surface area contributed by atoms with Gasteiger partial charge < -0.3 is 4.74 Å². The monoisotopic (exact) mass is 284 g/mol. The van der Waals surface area contributed by atoms with Crippen LogP contribution >= 0.6 is 0 Å². The van der Waals surface area contributed by atoms with Crippen molar-refractivity contribution in [2.45, 2.75) is 32.3 Å². The molecule has 1 atom stereocenters. The molecule has 0 bridgehead atoms. The molecular weight excluding hydrogens is 267 g/mol. The number of hydrogen-bond donors (Lipinski definition) is 0. The van der Waals surface area contributed by atoms with E-state index in [1.165, 1.54) is 17.7 Å². The first kappa shape index (κ1) is 13.8. The third-order valence-corrected chi connectivity index (χ3v) is 3.91. The van der Waals surface area contributed by atoms with Crippen LogP contribution in [0.1, 0.15) is 46.0 Å². The fourth-order valence-corrected chi connectivity index (χ4v) is 2.81. The summed E-state index contributed by atoms with van der Waals surface area (Å²) in [6.07, 6.45) is 2.49. The first-order valence-electron chi connectivity index (χ1n) is 7.20. The molecule has 0 heterocycles. The lowest BCUT2D eigenvalue weighted by atomic mass is 9.89. The highest BCUT2D eigenvalue weighted by Gasteiger charge is 2.24. The van der Waals surface area contributed by atoms with Gasteiger partial charge in [-0.25, -0.2) is 9.18 Å². The largest absolute Gasteiger partial charge is 0.454 e. The highest BCUT2D eigenvalue weighted by Crippen LogP contribution is 2.33. The molecule has 0 N–H and O–H groups in total. The van der Waals surface area contributed by atoms with Crippen molar-refractivity contribution in [3.8, 4) is 0 Å². The summed E-state index contributed by atoms with van der Waals surface area (Å²) in [5, 5.41) is 0. The molecule has 2 nitrogen and oxygen atoms in total. The number of halogens is 1. The summed E-state index contributed by atoms with van der Waals surface area (Å²) < 4.78 is 19.4. The summed E-state index contributed by atoms with van der Waals surface area (Å²) in [5.41, 5.74) is 3.05. The second-order valence-corrected chi connectivity index (χ2v) is 5.47. The molecule has 108 valence electrons. The van der Waals surface area contributed by atoms with E-state index in [-0.39, 0.29) is 11.7 Å². The summed E-state index contributed by atoms with van der Waals surface area (Å²) in [6.45, 7) is 1.79. The van der Waals surface area contributed by atoms with E-state index < -0.39 is 11.8 Å². The Balaban J connectivity index is 1.83. The van der Waals surface area contributed by atoms with Crippen LogP contribution in [-0.2, 0) is 11.2 Å². The molecule has 0 saturated heterocycles. The number of hydrogen-bond acceptors (Lipinski definition) is 2. The van der Waals surface area contributed by atoms with E-state index in [9.17, 15) is 9.18 Å². The van der Waals surface area contributed by atoms with Gasteiger partial charge in [-0.3, -0.25) is 0 Å². The minimum atomic E-state index is -0.589.